The molecule has 0 bridgehead atoms. The van der Waals surface area contributed by atoms with Crippen LogP contribution in [0.25, 0.3) is 0 Å². The first-order valence-electron chi connectivity index (χ1n) is 4.35. The lowest BCUT2D eigenvalue weighted by Crippen LogP contribution is -2.16. The monoisotopic (exact) mass is 226 g/mol. The summed E-state index contributed by atoms with van der Waals surface area (Å²) in [4.78, 5) is 10.6. The van der Waals surface area contributed by atoms with Crippen LogP contribution in [0.2, 0.25) is 12.1 Å². The van der Waals surface area contributed by atoms with Gasteiger partial charge in [0.1, 0.15) is 5.78 Å². The average Bonchev–Trinajstić information content (AvgIpc) is 1.98. The van der Waals surface area contributed by atoms with E-state index in [2.05, 4.69) is 0 Å². The van der Waals surface area contributed by atoms with E-state index in [1.165, 1.54) is 0 Å². The first-order chi connectivity index (χ1) is 5.48. The Balaban J connectivity index is 3.37. The summed E-state index contributed by atoms with van der Waals surface area (Å²) in [5, 5.41) is 0. The number of carbonyl (C=O) groups excluding carboxylic acids is 1. The quantitative estimate of drug-likeness (QED) is 0.384. The van der Waals surface area contributed by atoms with Gasteiger partial charge in [-0.1, -0.05) is 13.3 Å². The SMILES string of the molecule is CC[Si](Cl)(Cl)CCCCC(C)=O. The molecule has 0 N–H and O–H groups in total. The second-order valence-electron chi connectivity index (χ2n) is 3.12. The molecule has 0 aliphatic rings. The third kappa shape index (κ3) is 7.13. The minimum Gasteiger partial charge on any atom is -0.300 e. The second kappa shape index (κ2) is 6.00. The summed E-state index contributed by atoms with van der Waals surface area (Å²) in [6, 6.07) is 1.82. The van der Waals surface area contributed by atoms with Gasteiger partial charge in [0.25, 0.3) is 6.69 Å². The van der Waals surface area contributed by atoms with Gasteiger partial charge in [0.2, 0.25) is 0 Å². The molecule has 72 valence electrons. The summed E-state index contributed by atoms with van der Waals surface area (Å²) in [5.74, 6) is 0.253. The molecule has 0 aliphatic heterocycles. The van der Waals surface area contributed by atoms with Crippen molar-refractivity contribution in [3.63, 3.8) is 0 Å². The zero-order chi connectivity index (χ0) is 9.61. The highest BCUT2D eigenvalue weighted by molar-refractivity contribution is 7.45. The number of hydrogen-bond acceptors (Lipinski definition) is 1. The largest absolute Gasteiger partial charge is 0.300 e. The summed E-state index contributed by atoms with van der Waals surface area (Å²) in [7, 11) is 0. The van der Waals surface area contributed by atoms with Gasteiger partial charge in [0.05, 0.1) is 0 Å². The topological polar surface area (TPSA) is 17.1 Å². The van der Waals surface area contributed by atoms with E-state index in [1.54, 1.807) is 6.92 Å². The van der Waals surface area contributed by atoms with Gasteiger partial charge in [-0.15, -0.1) is 22.2 Å². The Morgan fingerprint density at radius 3 is 2.33 bits per heavy atom. The zero-order valence-electron chi connectivity index (χ0n) is 7.70. The summed E-state index contributed by atoms with van der Waals surface area (Å²) >= 11 is 12.1. The first-order valence-corrected chi connectivity index (χ1v) is 8.79. The Hall–Kier alpha value is 0.467. The predicted octanol–water partition coefficient (Wildman–Crippen LogP) is 3.69. The fourth-order valence-corrected chi connectivity index (χ4v) is 2.86. The molecule has 0 heterocycles. The van der Waals surface area contributed by atoms with Gasteiger partial charge in [-0.2, -0.15) is 0 Å². The second-order valence-corrected chi connectivity index (χ2v) is 11.0. The molecule has 0 aromatic rings. The Morgan fingerprint density at radius 2 is 1.92 bits per heavy atom. The molecule has 1 nitrogen and oxygen atoms in total. The molecule has 4 heteroatoms. The normalized spacial score (nSPS) is 11.7. The minimum absolute atomic E-state index is 0.253. The van der Waals surface area contributed by atoms with Crippen LogP contribution in [0.3, 0.4) is 0 Å². The van der Waals surface area contributed by atoms with Crippen molar-refractivity contribution in [3.8, 4) is 0 Å². The van der Waals surface area contributed by atoms with Gasteiger partial charge in [-0.25, -0.2) is 0 Å². The van der Waals surface area contributed by atoms with E-state index in [4.69, 9.17) is 22.2 Å². The summed E-state index contributed by atoms with van der Waals surface area (Å²) in [6.45, 7) is 1.73. The lowest BCUT2D eigenvalue weighted by molar-refractivity contribution is -0.117. The third-order valence-electron chi connectivity index (χ3n) is 1.84. The van der Waals surface area contributed by atoms with Crippen LogP contribution in [0, 0.1) is 0 Å². The molecule has 0 fully saturated rings. The van der Waals surface area contributed by atoms with Crippen molar-refractivity contribution in [1.82, 2.24) is 0 Å². The van der Waals surface area contributed by atoms with Crippen LogP contribution < -0.4 is 0 Å². The molecule has 0 rings (SSSR count). The fourth-order valence-electron chi connectivity index (χ4n) is 0.934. The van der Waals surface area contributed by atoms with Crippen LogP contribution in [-0.2, 0) is 4.79 Å². The maximum absolute atomic E-state index is 10.6. The van der Waals surface area contributed by atoms with E-state index in [0.29, 0.717) is 6.42 Å². The van der Waals surface area contributed by atoms with Crippen molar-refractivity contribution < 1.29 is 4.79 Å². The average molecular weight is 227 g/mol. The highest BCUT2D eigenvalue weighted by Crippen LogP contribution is 2.27. The van der Waals surface area contributed by atoms with Crippen molar-refractivity contribution >= 4 is 34.6 Å². The molecule has 0 saturated carbocycles. The maximum Gasteiger partial charge on any atom is 0.251 e. The number of ketones is 1. The van der Waals surface area contributed by atoms with E-state index >= 15 is 0 Å². The molecule has 0 atom stereocenters. The molecule has 0 saturated heterocycles. The van der Waals surface area contributed by atoms with Crippen LogP contribution in [0.5, 0.6) is 0 Å². The molecule has 12 heavy (non-hydrogen) atoms. The molecular formula is C8H16Cl2OSi. The number of halogens is 2. The highest BCUT2D eigenvalue weighted by Gasteiger charge is 2.24. The summed E-state index contributed by atoms with van der Waals surface area (Å²) < 4.78 is 0. The standard InChI is InChI=1S/C8H16Cl2OSi/c1-3-12(9,10)7-5-4-6-8(2)11/h3-7H2,1-2H3. The van der Waals surface area contributed by atoms with Crippen LogP contribution in [0.1, 0.15) is 33.1 Å². The number of carbonyl (C=O) groups is 1. The first kappa shape index (κ1) is 12.5. The zero-order valence-corrected chi connectivity index (χ0v) is 10.2. The third-order valence-corrected chi connectivity index (χ3v) is 6.70. The van der Waals surface area contributed by atoms with Crippen LogP contribution in [0.4, 0.5) is 0 Å². The van der Waals surface area contributed by atoms with Gasteiger partial charge >= 0.3 is 0 Å². The summed E-state index contributed by atoms with van der Waals surface area (Å²) in [5.41, 5.74) is 0. The van der Waals surface area contributed by atoms with E-state index < -0.39 is 6.69 Å². The van der Waals surface area contributed by atoms with Crippen molar-refractivity contribution in [2.24, 2.45) is 0 Å². The Labute approximate surface area is 84.9 Å². The fraction of sp³-hybridized carbons (Fsp3) is 0.875. The van der Waals surface area contributed by atoms with Crippen molar-refractivity contribution in [3.05, 3.63) is 0 Å². The van der Waals surface area contributed by atoms with Crippen molar-refractivity contribution in [2.45, 2.75) is 45.2 Å². The highest BCUT2D eigenvalue weighted by atomic mass is 35.7. The molecule has 0 spiro atoms. The van der Waals surface area contributed by atoms with Crippen LogP contribution in [-0.4, -0.2) is 12.5 Å². The molecule has 0 radical (unpaired) electrons. The number of hydrogen-bond donors (Lipinski definition) is 0. The minimum atomic E-state index is -1.92. The number of rotatable bonds is 6. The maximum atomic E-state index is 10.6. The lowest BCUT2D eigenvalue weighted by Gasteiger charge is -2.12. The Kier molecular flexibility index (Phi) is 6.24. The van der Waals surface area contributed by atoms with Crippen molar-refractivity contribution in [2.75, 3.05) is 0 Å². The van der Waals surface area contributed by atoms with E-state index in [9.17, 15) is 4.79 Å². The lowest BCUT2D eigenvalue weighted by atomic mass is 10.2. The molecule has 0 aliphatic carbocycles. The van der Waals surface area contributed by atoms with E-state index in [-0.39, 0.29) is 5.78 Å². The van der Waals surface area contributed by atoms with Crippen LogP contribution >= 0.6 is 22.2 Å². The van der Waals surface area contributed by atoms with Gasteiger partial charge < -0.3 is 4.79 Å². The van der Waals surface area contributed by atoms with E-state index in [0.717, 1.165) is 24.9 Å². The Morgan fingerprint density at radius 1 is 1.33 bits per heavy atom. The van der Waals surface area contributed by atoms with Gasteiger partial charge in [-0.05, 0) is 25.4 Å². The summed E-state index contributed by atoms with van der Waals surface area (Å²) in [6.07, 6.45) is 2.60. The number of Topliss-reactive ketones (excluding diaryl/α,β-unsaturated/α-hetero) is 1. The number of unbranched alkanes of at least 4 members (excludes halogenated alkanes) is 1. The molecular weight excluding hydrogens is 211 g/mol. The van der Waals surface area contributed by atoms with E-state index in [1.807, 2.05) is 6.92 Å². The Bertz CT molecular complexity index is 148. The molecule has 0 aromatic heterocycles. The molecule has 0 aromatic carbocycles. The van der Waals surface area contributed by atoms with Crippen molar-refractivity contribution in [1.29, 1.82) is 0 Å². The van der Waals surface area contributed by atoms with Gasteiger partial charge in [0, 0.05) is 6.42 Å². The predicted molar refractivity (Wildman–Crippen MR) is 57.3 cm³/mol. The smallest absolute Gasteiger partial charge is 0.251 e. The van der Waals surface area contributed by atoms with Crippen LogP contribution in [0.15, 0.2) is 0 Å². The molecule has 0 unspecified atom stereocenters. The van der Waals surface area contributed by atoms with Gasteiger partial charge in [0.15, 0.2) is 0 Å². The van der Waals surface area contributed by atoms with Gasteiger partial charge in [-0.3, -0.25) is 0 Å². The molecule has 0 amide bonds.